The van der Waals surface area contributed by atoms with E-state index in [0.717, 1.165) is 21.9 Å². The number of nitriles is 1. The molecule has 2 N–H and O–H groups in total. The molecule has 0 atom stereocenters. The lowest BCUT2D eigenvalue weighted by atomic mass is 10.0. The fourth-order valence-corrected chi connectivity index (χ4v) is 2.80. The molecule has 3 aromatic carbocycles. The number of phenolic OH excluding ortho intramolecular Hbond substituents is 1. The van der Waals surface area contributed by atoms with E-state index < -0.39 is 5.91 Å². The molecule has 0 bridgehead atoms. The zero-order chi connectivity index (χ0) is 18.7. The highest BCUT2D eigenvalue weighted by Gasteiger charge is 2.14. The summed E-state index contributed by atoms with van der Waals surface area (Å²) in [7, 11) is 0. The van der Waals surface area contributed by atoms with Gasteiger partial charge in [0.15, 0.2) is 0 Å². The first kappa shape index (κ1) is 17.2. The second-order valence-corrected chi connectivity index (χ2v) is 6.09. The molecule has 0 radical (unpaired) electrons. The molecular formula is C22H18N2O2. The molecule has 0 spiro atoms. The number of aromatic hydroxyl groups is 1. The topological polar surface area (TPSA) is 73.1 Å². The molecule has 0 aliphatic rings. The molecule has 4 heteroatoms. The van der Waals surface area contributed by atoms with Gasteiger partial charge < -0.3 is 10.4 Å². The second kappa shape index (κ2) is 7.12. The average Bonchev–Trinajstić information content (AvgIpc) is 2.64. The Balaban J connectivity index is 2.02. The third-order valence-corrected chi connectivity index (χ3v) is 4.45. The minimum absolute atomic E-state index is 0.0241. The van der Waals surface area contributed by atoms with Gasteiger partial charge in [0.2, 0.25) is 0 Å². The Morgan fingerprint density at radius 1 is 1.08 bits per heavy atom. The molecule has 0 saturated heterocycles. The van der Waals surface area contributed by atoms with E-state index in [1.54, 1.807) is 18.2 Å². The van der Waals surface area contributed by atoms with Gasteiger partial charge in [-0.2, -0.15) is 5.26 Å². The Labute approximate surface area is 152 Å². The van der Waals surface area contributed by atoms with Crippen molar-refractivity contribution in [2.75, 3.05) is 5.32 Å². The normalized spacial score (nSPS) is 11.2. The van der Waals surface area contributed by atoms with Gasteiger partial charge in [0, 0.05) is 11.3 Å². The molecule has 3 aromatic rings. The van der Waals surface area contributed by atoms with E-state index in [-0.39, 0.29) is 11.3 Å². The van der Waals surface area contributed by atoms with E-state index in [4.69, 9.17) is 0 Å². The van der Waals surface area contributed by atoms with Crippen LogP contribution in [0.1, 0.15) is 16.7 Å². The van der Waals surface area contributed by atoms with Crippen molar-refractivity contribution in [2.24, 2.45) is 0 Å². The SMILES string of the molecule is Cc1cccc(NC(=O)/C(C#N)=C\c2c(O)ccc3ccccc23)c1C. The Morgan fingerprint density at radius 2 is 1.85 bits per heavy atom. The van der Waals surface area contributed by atoms with Crippen LogP contribution in [-0.4, -0.2) is 11.0 Å². The molecule has 0 aliphatic heterocycles. The highest BCUT2D eigenvalue weighted by atomic mass is 16.3. The predicted octanol–water partition coefficient (Wildman–Crippen LogP) is 4.71. The number of carbonyl (C=O) groups excluding carboxylic acids is 1. The molecule has 0 heterocycles. The van der Waals surface area contributed by atoms with Crippen molar-refractivity contribution < 1.29 is 9.90 Å². The summed E-state index contributed by atoms with van der Waals surface area (Å²) in [5.41, 5.74) is 3.05. The smallest absolute Gasteiger partial charge is 0.266 e. The number of nitrogens with one attached hydrogen (secondary N) is 1. The molecule has 0 fully saturated rings. The fraction of sp³-hybridized carbons (Fsp3) is 0.0909. The van der Waals surface area contributed by atoms with Gasteiger partial charge in [0.1, 0.15) is 17.4 Å². The van der Waals surface area contributed by atoms with Crippen LogP contribution in [0.25, 0.3) is 16.8 Å². The highest BCUT2D eigenvalue weighted by molar-refractivity contribution is 6.11. The van der Waals surface area contributed by atoms with Crippen molar-refractivity contribution in [3.05, 3.63) is 76.9 Å². The van der Waals surface area contributed by atoms with Crippen molar-refractivity contribution in [1.29, 1.82) is 5.26 Å². The first-order valence-corrected chi connectivity index (χ1v) is 8.21. The zero-order valence-electron chi connectivity index (χ0n) is 14.6. The van der Waals surface area contributed by atoms with Gasteiger partial charge in [0.05, 0.1) is 0 Å². The summed E-state index contributed by atoms with van der Waals surface area (Å²) in [5.74, 6) is -0.482. The van der Waals surface area contributed by atoms with Gasteiger partial charge in [-0.05, 0) is 54.0 Å². The van der Waals surface area contributed by atoms with Crippen molar-refractivity contribution in [3.8, 4) is 11.8 Å². The van der Waals surface area contributed by atoms with Gasteiger partial charge in [-0.1, -0.05) is 42.5 Å². The number of carbonyl (C=O) groups is 1. The van der Waals surface area contributed by atoms with Crippen molar-refractivity contribution >= 4 is 28.4 Å². The number of amides is 1. The summed E-state index contributed by atoms with van der Waals surface area (Å²) >= 11 is 0. The van der Waals surface area contributed by atoms with Gasteiger partial charge in [-0.15, -0.1) is 0 Å². The number of benzene rings is 3. The van der Waals surface area contributed by atoms with Crippen LogP contribution < -0.4 is 5.32 Å². The van der Waals surface area contributed by atoms with Crippen molar-refractivity contribution in [2.45, 2.75) is 13.8 Å². The van der Waals surface area contributed by atoms with E-state index in [0.29, 0.717) is 11.3 Å². The van der Waals surface area contributed by atoms with Crippen LogP contribution in [0.3, 0.4) is 0 Å². The van der Waals surface area contributed by atoms with Crippen LogP contribution in [0.5, 0.6) is 5.75 Å². The molecular weight excluding hydrogens is 324 g/mol. The number of aryl methyl sites for hydroxylation is 1. The Bertz CT molecular complexity index is 1080. The van der Waals surface area contributed by atoms with Crippen LogP contribution in [0.15, 0.2) is 60.2 Å². The van der Waals surface area contributed by atoms with Crippen LogP contribution in [0.4, 0.5) is 5.69 Å². The fourth-order valence-electron chi connectivity index (χ4n) is 2.80. The highest BCUT2D eigenvalue weighted by Crippen LogP contribution is 2.29. The quantitative estimate of drug-likeness (QED) is 0.535. The molecule has 1 amide bonds. The maximum atomic E-state index is 12.6. The maximum Gasteiger partial charge on any atom is 0.266 e. The number of fused-ring (bicyclic) bond motifs is 1. The third-order valence-electron chi connectivity index (χ3n) is 4.45. The van der Waals surface area contributed by atoms with E-state index in [1.165, 1.54) is 6.08 Å². The van der Waals surface area contributed by atoms with Crippen molar-refractivity contribution in [1.82, 2.24) is 0 Å². The Hall–Kier alpha value is -3.58. The molecule has 0 aliphatic carbocycles. The number of hydrogen-bond acceptors (Lipinski definition) is 3. The summed E-state index contributed by atoms with van der Waals surface area (Å²) in [5, 5.41) is 24.2. The lowest BCUT2D eigenvalue weighted by Crippen LogP contribution is -2.14. The molecule has 0 aromatic heterocycles. The van der Waals surface area contributed by atoms with E-state index in [9.17, 15) is 15.2 Å². The van der Waals surface area contributed by atoms with Gasteiger partial charge in [0.25, 0.3) is 5.91 Å². The maximum absolute atomic E-state index is 12.6. The van der Waals surface area contributed by atoms with E-state index >= 15 is 0 Å². The largest absolute Gasteiger partial charge is 0.507 e. The molecule has 26 heavy (non-hydrogen) atoms. The molecule has 3 rings (SSSR count). The van der Waals surface area contributed by atoms with Crippen LogP contribution >= 0.6 is 0 Å². The standard InChI is InChI=1S/C22H18N2O2/c1-14-6-5-9-20(15(14)2)24-22(26)17(13-23)12-19-18-8-4-3-7-16(18)10-11-21(19)25/h3-12,25H,1-2H3,(H,24,26)/b17-12-. The number of rotatable bonds is 3. The summed E-state index contributed by atoms with van der Waals surface area (Å²) in [4.78, 5) is 12.6. The minimum atomic E-state index is -0.506. The lowest BCUT2D eigenvalue weighted by Gasteiger charge is -2.10. The molecule has 128 valence electrons. The predicted molar refractivity (Wildman–Crippen MR) is 104 cm³/mol. The lowest BCUT2D eigenvalue weighted by molar-refractivity contribution is -0.112. The van der Waals surface area contributed by atoms with Crippen LogP contribution in [-0.2, 0) is 4.79 Å². The third kappa shape index (κ3) is 3.28. The summed E-state index contributed by atoms with van der Waals surface area (Å²) < 4.78 is 0. The molecule has 0 unspecified atom stereocenters. The number of phenols is 1. The van der Waals surface area contributed by atoms with Crippen molar-refractivity contribution in [3.63, 3.8) is 0 Å². The monoisotopic (exact) mass is 342 g/mol. The van der Waals surface area contributed by atoms with E-state index in [2.05, 4.69) is 5.32 Å². The number of nitrogens with zero attached hydrogens (tertiary/aromatic N) is 1. The zero-order valence-corrected chi connectivity index (χ0v) is 14.6. The van der Waals surface area contributed by atoms with Gasteiger partial charge in [-0.25, -0.2) is 0 Å². The van der Waals surface area contributed by atoms with Gasteiger partial charge in [-0.3, -0.25) is 4.79 Å². The Kier molecular flexibility index (Phi) is 4.72. The van der Waals surface area contributed by atoms with E-state index in [1.807, 2.05) is 56.3 Å². The van der Waals surface area contributed by atoms with Crippen LogP contribution in [0.2, 0.25) is 0 Å². The second-order valence-electron chi connectivity index (χ2n) is 6.09. The first-order valence-electron chi connectivity index (χ1n) is 8.21. The summed E-state index contributed by atoms with van der Waals surface area (Å²) in [6.45, 7) is 3.87. The molecule has 0 saturated carbocycles. The number of anilines is 1. The summed E-state index contributed by atoms with van der Waals surface area (Å²) in [6.07, 6.45) is 1.43. The Morgan fingerprint density at radius 3 is 2.62 bits per heavy atom. The number of hydrogen-bond donors (Lipinski definition) is 2. The van der Waals surface area contributed by atoms with Gasteiger partial charge >= 0.3 is 0 Å². The summed E-state index contributed by atoms with van der Waals surface area (Å²) in [6, 6.07) is 18.4. The van der Waals surface area contributed by atoms with Crippen LogP contribution in [0, 0.1) is 25.2 Å². The average molecular weight is 342 g/mol. The first-order chi connectivity index (χ1) is 12.5. The molecule has 4 nitrogen and oxygen atoms in total. The minimum Gasteiger partial charge on any atom is -0.507 e.